The second kappa shape index (κ2) is 16.1. The number of esters is 1. The van der Waals surface area contributed by atoms with Crippen LogP contribution in [0.25, 0.3) is 10.9 Å². The van der Waals surface area contributed by atoms with Gasteiger partial charge in [-0.05, 0) is 94.4 Å². The highest BCUT2D eigenvalue weighted by molar-refractivity contribution is 7.91. The maximum Gasteiger partial charge on any atom is 0.427 e. The third kappa shape index (κ3) is 8.83. The number of ether oxygens (including phenoxy) is 3. The molecule has 17 heteroatoms. The van der Waals surface area contributed by atoms with Gasteiger partial charge in [0.05, 0.1) is 49.2 Å². The topological polar surface area (TPSA) is 158 Å². The fourth-order valence-electron chi connectivity index (χ4n) is 8.28. The standard InChI is InChI=1S/C41H51F4N3O9S/c1-24-8-6-7-9-27-19-40(27,37(52)47-58(53,54)39(23-42)12-13-39)20-34(49)33-17-30(56-29-16-26-15-28(55-5)10-11-32(26)46-21-29)22-48(33)36(51)31(25(2)14-24)18-35(50)57-38(3,4)41(43,44)45/h7,9-11,15-16,21,24-25,27,30-31,33H,6,8,12-14,17-20,22-23H2,1-5H3,(H,47,52)/b9-7-/t24-,25-,27-,30-,31+,33+,40-/m1/s1. The van der Waals surface area contributed by atoms with E-state index in [1.54, 1.807) is 37.3 Å². The first kappa shape index (κ1) is 43.3. The van der Waals surface area contributed by atoms with E-state index in [-0.39, 0.29) is 38.1 Å². The van der Waals surface area contributed by atoms with Gasteiger partial charge in [0, 0.05) is 18.2 Å². The van der Waals surface area contributed by atoms with Gasteiger partial charge < -0.3 is 19.1 Å². The number of ketones is 1. The Labute approximate surface area is 335 Å². The maximum atomic E-state index is 14.8. The van der Waals surface area contributed by atoms with Crippen molar-refractivity contribution >= 4 is 44.5 Å². The monoisotopic (exact) mass is 837 g/mol. The molecular formula is C41H51F4N3O9S. The van der Waals surface area contributed by atoms with Crippen LogP contribution in [0.1, 0.15) is 85.5 Å². The highest BCUT2D eigenvalue weighted by Crippen LogP contribution is 2.58. The zero-order chi connectivity index (χ0) is 42.4. The van der Waals surface area contributed by atoms with Crippen LogP contribution < -0.4 is 14.2 Å². The van der Waals surface area contributed by atoms with Gasteiger partial charge in [-0.3, -0.25) is 28.9 Å². The van der Waals surface area contributed by atoms with E-state index in [4.69, 9.17) is 14.2 Å². The summed E-state index contributed by atoms with van der Waals surface area (Å²) < 4.78 is 98.4. The van der Waals surface area contributed by atoms with Crippen molar-refractivity contribution in [2.24, 2.45) is 29.1 Å². The van der Waals surface area contributed by atoms with E-state index < -0.39 is 105 Å². The maximum absolute atomic E-state index is 14.8. The van der Waals surface area contributed by atoms with Gasteiger partial charge >= 0.3 is 12.1 Å². The van der Waals surface area contributed by atoms with Crippen molar-refractivity contribution in [2.75, 3.05) is 20.3 Å². The minimum Gasteiger partial charge on any atom is -0.497 e. The molecule has 0 unspecified atom stereocenters. The second-order valence-corrected chi connectivity index (χ2v) is 19.3. The van der Waals surface area contributed by atoms with E-state index in [0.717, 1.165) is 13.8 Å². The molecule has 0 bridgehead atoms. The number of allylic oxidation sites excluding steroid dienone is 2. The van der Waals surface area contributed by atoms with E-state index >= 15 is 0 Å². The molecule has 2 amide bonds. The van der Waals surface area contributed by atoms with Crippen molar-refractivity contribution in [3.63, 3.8) is 0 Å². The van der Waals surface area contributed by atoms with Crippen LogP contribution in [0.4, 0.5) is 17.6 Å². The SMILES string of the molecule is COc1ccc2ncc(O[C@@H]3C[C@H]4C(=O)C[C@]5(C(=O)NS(=O)(=O)C6(CF)CC6)C[C@H]5/C=C\CC[C@@H](C)C[C@@H](C)[C@H](CC(=O)OC(C)(C)C(F)(F)F)C(=O)N4C3)cc2c1. The van der Waals surface area contributed by atoms with Crippen molar-refractivity contribution in [3.05, 3.63) is 42.6 Å². The van der Waals surface area contributed by atoms with Crippen LogP contribution in [0.2, 0.25) is 0 Å². The van der Waals surface area contributed by atoms with Gasteiger partial charge in [-0.2, -0.15) is 13.2 Å². The zero-order valence-electron chi connectivity index (χ0n) is 33.3. The van der Waals surface area contributed by atoms with Gasteiger partial charge in [0.1, 0.15) is 29.0 Å². The molecule has 0 radical (unpaired) electrons. The number of pyridine rings is 1. The Hall–Kier alpha value is -4.28. The van der Waals surface area contributed by atoms with Gasteiger partial charge in [0.15, 0.2) is 5.78 Å². The average Bonchev–Trinajstić information content (AvgIpc) is 4.05. The Morgan fingerprint density at radius 3 is 2.43 bits per heavy atom. The number of fused-ring (bicyclic) bond motifs is 3. The lowest BCUT2D eigenvalue weighted by Crippen LogP contribution is -2.49. The van der Waals surface area contributed by atoms with Crippen molar-refractivity contribution in [2.45, 2.75) is 114 Å². The van der Waals surface area contributed by atoms with E-state index in [1.807, 2.05) is 13.0 Å². The predicted molar refractivity (Wildman–Crippen MR) is 204 cm³/mol. The molecule has 0 spiro atoms. The number of nitrogens with one attached hydrogen (secondary N) is 1. The second-order valence-electron chi connectivity index (χ2n) is 17.2. The fourth-order valence-corrected chi connectivity index (χ4v) is 9.72. The molecule has 2 aliphatic heterocycles. The number of carbonyl (C=O) groups is 4. The fraction of sp³-hybridized carbons (Fsp3) is 0.634. The van der Waals surface area contributed by atoms with Crippen molar-refractivity contribution in [1.29, 1.82) is 0 Å². The average molecular weight is 838 g/mol. The minimum atomic E-state index is -4.88. The quantitative estimate of drug-likeness (QED) is 0.161. The molecule has 7 atom stereocenters. The molecule has 6 rings (SSSR count). The molecule has 1 saturated heterocycles. The summed E-state index contributed by atoms with van der Waals surface area (Å²) in [5.41, 5.74) is -3.67. The van der Waals surface area contributed by atoms with E-state index in [9.17, 15) is 45.2 Å². The van der Waals surface area contributed by atoms with Crippen LogP contribution in [0.5, 0.6) is 11.5 Å². The summed E-state index contributed by atoms with van der Waals surface area (Å²) in [6, 6.07) is 5.79. The van der Waals surface area contributed by atoms with Crippen LogP contribution in [0.3, 0.4) is 0 Å². The molecule has 4 aliphatic rings. The third-order valence-corrected chi connectivity index (χ3v) is 14.5. The highest BCUT2D eigenvalue weighted by Gasteiger charge is 2.63. The number of alkyl halides is 4. The molecule has 1 N–H and O–H groups in total. The number of aromatic nitrogens is 1. The summed E-state index contributed by atoms with van der Waals surface area (Å²) in [6.45, 7) is 3.83. The van der Waals surface area contributed by atoms with Crippen molar-refractivity contribution in [3.8, 4) is 11.5 Å². The summed E-state index contributed by atoms with van der Waals surface area (Å²) >= 11 is 0. The number of carbonyl (C=O) groups excluding carboxylic acids is 4. The normalized spacial score (nSPS) is 29.6. The summed E-state index contributed by atoms with van der Waals surface area (Å²) in [7, 11) is -2.89. The number of rotatable bonds is 10. The van der Waals surface area contributed by atoms with Gasteiger partial charge in [0.25, 0.3) is 0 Å². The number of sulfonamides is 1. The summed E-state index contributed by atoms with van der Waals surface area (Å²) in [6.07, 6.45) is 0.121. The number of nitrogens with zero attached hydrogens (tertiary/aromatic N) is 2. The van der Waals surface area contributed by atoms with Crippen LogP contribution in [-0.2, 0) is 33.9 Å². The number of hydrogen-bond donors (Lipinski definition) is 1. The Morgan fingerprint density at radius 1 is 1.07 bits per heavy atom. The summed E-state index contributed by atoms with van der Waals surface area (Å²) in [4.78, 5) is 62.2. The lowest BCUT2D eigenvalue weighted by Gasteiger charge is -2.33. The summed E-state index contributed by atoms with van der Waals surface area (Å²) in [5, 5.41) is 0.691. The van der Waals surface area contributed by atoms with Crippen LogP contribution in [0.15, 0.2) is 42.6 Å². The smallest absolute Gasteiger partial charge is 0.427 e. The first-order valence-electron chi connectivity index (χ1n) is 19.7. The first-order chi connectivity index (χ1) is 27.1. The first-order valence-corrected chi connectivity index (χ1v) is 21.1. The molecule has 3 fully saturated rings. The van der Waals surface area contributed by atoms with Gasteiger partial charge in [-0.25, -0.2) is 12.8 Å². The number of benzene rings is 1. The van der Waals surface area contributed by atoms with E-state index in [2.05, 4.69) is 9.71 Å². The predicted octanol–water partition coefficient (Wildman–Crippen LogP) is 6.41. The zero-order valence-corrected chi connectivity index (χ0v) is 34.1. The Balaban J connectivity index is 1.34. The molecular weight excluding hydrogens is 787 g/mol. The van der Waals surface area contributed by atoms with Gasteiger partial charge in [0.2, 0.25) is 27.4 Å². The van der Waals surface area contributed by atoms with Crippen LogP contribution in [-0.4, -0.2) is 90.9 Å². The number of amides is 2. The molecule has 1 aromatic carbocycles. The van der Waals surface area contributed by atoms with Crippen LogP contribution >= 0.6 is 0 Å². The Kier molecular flexibility index (Phi) is 12.0. The Morgan fingerprint density at radius 2 is 1.78 bits per heavy atom. The largest absolute Gasteiger partial charge is 0.497 e. The van der Waals surface area contributed by atoms with Crippen molar-refractivity contribution < 1.29 is 59.4 Å². The lowest BCUT2D eigenvalue weighted by atomic mass is 9.82. The number of methoxy groups -OCH3 is 1. The van der Waals surface area contributed by atoms with Gasteiger partial charge in [-0.15, -0.1) is 0 Å². The molecule has 2 aromatic rings. The Bertz CT molecular complexity index is 2070. The minimum absolute atomic E-state index is 0.0123. The third-order valence-electron chi connectivity index (χ3n) is 12.4. The summed E-state index contributed by atoms with van der Waals surface area (Å²) in [5.74, 6) is -4.71. The number of Topliss-reactive ketones (excluding diaryl/α,β-unsaturated/α-hetero) is 1. The van der Waals surface area contributed by atoms with Crippen molar-refractivity contribution in [1.82, 2.24) is 14.6 Å². The lowest BCUT2D eigenvalue weighted by molar-refractivity contribution is -0.257. The molecule has 58 heavy (non-hydrogen) atoms. The van der Waals surface area contributed by atoms with E-state index in [0.29, 0.717) is 41.7 Å². The molecule has 318 valence electrons. The highest BCUT2D eigenvalue weighted by atomic mass is 32.2. The molecule has 2 saturated carbocycles. The molecule has 3 heterocycles. The van der Waals surface area contributed by atoms with E-state index in [1.165, 1.54) is 18.2 Å². The van der Waals surface area contributed by atoms with Crippen LogP contribution in [0, 0.1) is 29.1 Å². The molecule has 2 aliphatic carbocycles. The molecule has 12 nitrogen and oxygen atoms in total. The molecule has 1 aromatic heterocycles. The van der Waals surface area contributed by atoms with Gasteiger partial charge in [-0.1, -0.05) is 26.0 Å². The number of hydrogen-bond acceptors (Lipinski definition) is 10. The number of halogens is 4.